The van der Waals surface area contributed by atoms with E-state index in [-0.39, 0.29) is 11.7 Å². The third kappa shape index (κ3) is 4.04. The lowest BCUT2D eigenvalue weighted by molar-refractivity contribution is 0.00639. The number of aliphatic hydroxyl groups is 1. The fraction of sp³-hybridized carbons (Fsp3) is 0.682. The van der Waals surface area contributed by atoms with E-state index in [1.807, 2.05) is 0 Å². The summed E-state index contributed by atoms with van der Waals surface area (Å²) in [5, 5.41) is 10.0. The summed E-state index contributed by atoms with van der Waals surface area (Å²) in [4.78, 5) is 14.9. The fourth-order valence-electron chi connectivity index (χ4n) is 4.73. The molecule has 2 atom stereocenters. The number of ether oxygens (including phenoxy) is 1. The maximum absolute atomic E-state index is 14.8. The molecule has 2 unspecified atom stereocenters. The van der Waals surface area contributed by atoms with E-state index < -0.39 is 17.4 Å². The van der Waals surface area contributed by atoms with Crippen LogP contribution in [-0.2, 0) is 11.3 Å². The lowest BCUT2D eigenvalue weighted by Gasteiger charge is -2.37. The number of nitrogens with zero attached hydrogens (tertiary/aromatic N) is 1. The molecule has 1 saturated carbocycles. The number of benzene rings is 1. The summed E-state index contributed by atoms with van der Waals surface area (Å²) < 4.78 is 20.2. The Morgan fingerprint density at radius 1 is 1.19 bits per heavy atom. The molecule has 2 bridgehead atoms. The number of carbonyl (C=O) groups is 1. The molecule has 0 amide bonds. The van der Waals surface area contributed by atoms with Crippen LogP contribution in [0.4, 0.5) is 4.39 Å². The summed E-state index contributed by atoms with van der Waals surface area (Å²) in [6.07, 6.45) is 5.84. The summed E-state index contributed by atoms with van der Waals surface area (Å²) >= 11 is 0. The van der Waals surface area contributed by atoms with Crippen molar-refractivity contribution in [3.05, 3.63) is 34.6 Å². The van der Waals surface area contributed by atoms with E-state index in [1.165, 1.54) is 0 Å². The summed E-state index contributed by atoms with van der Waals surface area (Å²) in [5.74, 6) is -0.655. The minimum absolute atomic E-state index is 0.0487. The van der Waals surface area contributed by atoms with Crippen LogP contribution in [0.2, 0.25) is 0 Å². The van der Waals surface area contributed by atoms with Gasteiger partial charge < -0.3 is 9.84 Å². The highest BCUT2D eigenvalue weighted by molar-refractivity contribution is 5.90. The first kappa shape index (κ1) is 18.9. The molecule has 148 valence electrons. The first-order chi connectivity index (χ1) is 12.7. The Morgan fingerprint density at radius 2 is 1.81 bits per heavy atom. The highest BCUT2D eigenvalue weighted by Crippen LogP contribution is 2.44. The molecule has 4 rings (SSSR count). The second kappa shape index (κ2) is 6.85. The molecule has 5 heteroatoms. The van der Waals surface area contributed by atoms with Crippen LogP contribution in [-0.4, -0.2) is 39.8 Å². The summed E-state index contributed by atoms with van der Waals surface area (Å²) in [5.41, 5.74) is 1.50. The van der Waals surface area contributed by atoms with Crippen molar-refractivity contribution < 1.29 is 19.0 Å². The van der Waals surface area contributed by atoms with E-state index in [2.05, 4.69) is 4.90 Å². The van der Waals surface area contributed by atoms with Crippen LogP contribution in [0.5, 0.6) is 0 Å². The lowest BCUT2D eigenvalue weighted by atomic mass is 9.95. The van der Waals surface area contributed by atoms with E-state index >= 15 is 0 Å². The quantitative estimate of drug-likeness (QED) is 0.804. The van der Waals surface area contributed by atoms with Gasteiger partial charge in [-0.3, -0.25) is 4.90 Å². The molecule has 2 aliphatic heterocycles. The van der Waals surface area contributed by atoms with Gasteiger partial charge in [0.2, 0.25) is 0 Å². The van der Waals surface area contributed by atoms with Crippen molar-refractivity contribution in [2.75, 3.05) is 0 Å². The molecule has 1 N–H and O–H groups in total. The van der Waals surface area contributed by atoms with Crippen LogP contribution in [0.15, 0.2) is 12.1 Å². The van der Waals surface area contributed by atoms with Gasteiger partial charge in [-0.25, -0.2) is 9.18 Å². The van der Waals surface area contributed by atoms with Crippen molar-refractivity contribution in [1.82, 2.24) is 4.90 Å². The van der Waals surface area contributed by atoms with Gasteiger partial charge in [0.05, 0.1) is 11.7 Å². The molecule has 3 aliphatic rings. The SMILES string of the molecule is CC(C)(C)OC(=O)c1cc(C2CC2)c(CN2C3CCC2CC(O)C3)cc1F. The van der Waals surface area contributed by atoms with Crippen LogP contribution in [0, 0.1) is 5.82 Å². The molecular weight excluding hydrogens is 345 g/mol. The molecule has 1 aromatic rings. The van der Waals surface area contributed by atoms with E-state index in [0.717, 1.165) is 49.7 Å². The van der Waals surface area contributed by atoms with Crippen molar-refractivity contribution in [3.8, 4) is 0 Å². The first-order valence-electron chi connectivity index (χ1n) is 10.2. The van der Waals surface area contributed by atoms with Crippen LogP contribution >= 0.6 is 0 Å². The molecule has 0 spiro atoms. The third-order valence-corrected chi connectivity index (χ3v) is 6.08. The summed E-state index contributed by atoms with van der Waals surface area (Å²) in [6, 6.07) is 4.06. The second-order valence-corrected chi connectivity index (χ2v) is 9.49. The number of hydrogen-bond acceptors (Lipinski definition) is 4. The maximum Gasteiger partial charge on any atom is 0.341 e. The fourth-order valence-corrected chi connectivity index (χ4v) is 4.73. The Kier molecular flexibility index (Phi) is 4.79. The van der Waals surface area contributed by atoms with Gasteiger partial charge in [0.1, 0.15) is 11.4 Å². The van der Waals surface area contributed by atoms with Gasteiger partial charge in [-0.05, 0) is 88.5 Å². The molecule has 0 aromatic heterocycles. The van der Waals surface area contributed by atoms with Gasteiger partial charge >= 0.3 is 5.97 Å². The first-order valence-corrected chi connectivity index (χ1v) is 10.2. The number of hydrogen-bond donors (Lipinski definition) is 1. The minimum atomic E-state index is -0.643. The van der Waals surface area contributed by atoms with Crippen molar-refractivity contribution in [2.24, 2.45) is 0 Å². The van der Waals surface area contributed by atoms with Crippen LogP contribution in [0.3, 0.4) is 0 Å². The predicted molar refractivity (Wildman–Crippen MR) is 101 cm³/mol. The van der Waals surface area contributed by atoms with Gasteiger partial charge in [-0.2, -0.15) is 0 Å². The van der Waals surface area contributed by atoms with E-state index in [9.17, 15) is 14.3 Å². The van der Waals surface area contributed by atoms with E-state index in [0.29, 0.717) is 24.5 Å². The van der Waals surface area contributed by atoms with Gasteiger partial charge in [0, 0.05) is 18.6 Å². The molecule has 4 nitrogen and oxygen atoms in total. The molecular formula is C22H30FNO3. The smallest absolute Gasteiger partial charge is 0.341 e. The molecule has 1 aromatic carbocycles. The Hall–Kier alpha value is -1.46. The van der Waals surface area contributed by atoms with Gasteiger partial charge in [-0.1, -0.05) is 0 Å². The van der Waals surface area contributed by atoms with Crippen LogP contribution in [0.25, 0.3) is 0 Å². The average Bonchev–Trinajstić information content (AvgIpc) is 3.34. The molecule has 0 radical (unpaired) electrons. The largest absolute Gasteiger partial charge is 0.456 e. The number of halogens is 1. The monoisotopic (exact) mass is 375 g/mol. The number of piperidine rings is 1. The molecule has 3 fully saturated rings. The second-order valence-electron chi connectivity index (χ2n) is 9.49. The summed E-state index contributed by atoms with van der Waals surface area (Å²) in [7, 11) is 0. The zero-order valence-corrected chi connectivity index (χ0v) is 16.5. The molecule has 1 aliphatic carbocycles. The van der Waals surface area contributed by atoms with Gasteiger partial charge in [0.25, 0.3) is 0 Å². The number of carbonyl (C=O) groups excluding carboxylic acids is 1. The zero-order chi connectivity index (χ0) is 19.3. The number of fused-ring (bicyclic) bond motifs is 2. The lowest BCUT2D eigenvalue weighted by Crippen LogP contribution is -2.44. The molecule has 27 heavy (non-hydrogen) atoms. The predicted octanol–water partition coefficient (Wildman–Crippen LogP) is 4.15. The number of aliphatic hydroxyl groups excluding tert-OH is 1. The minimum Gasteiger partial charge on any atom is -0.456 e. The molecule has 2 heterocycles. The highest BCUT2D eigenvalue weighted by Gasteiger charge is 2.41. The number of esters is 1. The van der Waals surface area contributed by atoms with Gasteiger partial charge in [-0.15, -0.1) is 0 Å². The standard InChI is InChI=1S/C22H30FNO3/c1-22(2,3)27-21(26)19-11-18(13-4-5-13)14(8-20(19)23)12-24-15-6-7-16(24)10-17(25)9-15/h8,11,13,15-17,25H,4-7,9-10,12H2,1-3H3. The Morgan fingerprint density at radius 3 is 2.37 bits per heavy atom. The van der Waals surface area contributed by atoms with Crippen molar-refractivity contribution >= 4 is 5.97 Å². The maximum atomic E-state index is 14.8. The summed E-state index contributed by atoms with van der Waals surface area (Å²) in [6.45, 7) is 6.08. The van der Waals surface area contributed by atoms with Gasteiger partial charge in [0.15, 0.2) is 0 Å². The Bertz CT molecular complexity index is 724. The van der Waals surface area contributed by atoms with Crippen molar-refractivity contribution in [2.45, 2.75) is 95.5 Å². The number of rotatable bonds is 4. The third-order valence-electron chi connectivity index (χ3n) is 6.08. The topological polar surface area (TPSA) is 49.8 Å². The Labute approximate surface area is 160 Å². The van der Waals surface area contributed by atoms with Crippen LogP contribution < -0.4 is 0 Å². The van der Waals surface area contributed by atoms with Crippen LogP contribution in [0.1, 0.15) is 86.7 Å². The van der Waals surface area contributed by atoms with E-state index in [4.69, 9.17) is 4.74 Å². The highest BCUT2D eigenvalue weighted by atomic mass is 19.1. The van der Waals surface area contributed by atoms with Crippen molar-refractivity contribution in [3.63, 3.8) is 0 Å². The normalized spacial score (nSPS) is 28.4. The average molecular weight is 375 g/mol. The van der Waals surface area contributed by atoms with Crippen molar-refractivity contribution in [1.29, 1.82) is 0 Å². The zero-order valence-electron chi connectivity index (χ0n) is 16.5. The van der Waals surface area contributed by atoms with E-state index in [1.54, 1.807) is 32.9 Å². The molecule has 2 saturated heterocycles. The Balaban J connectivity index is 1.60.